The second-order valence-electron chi connectivity index (χ2n) is 4.08. The molecule has 2 nitrogen and oxygen atoms in total. The summed E-state index contributed by atoms with van der Waals surface area (Å²) in [6.45, 7) is 1.58. The monoisotopic (exact) mass is 246 g/mol. The summed E-state index contributed by atoms with van der Waals surface area (Å²) in [5, 5.41) is 19.1. The molecule has 0 amide bonds. The summed E-state index contributed by atoms with van der Waals surface area (Å²) in [5.74, 6) is -0.361. The van der Waals surface area contributed by atoms with Crippen molar-refractivity contribution in [3.8, 4) is 0 Å². The molecule has 0 aliphatic rings. The SMILES string of the molecule is CCC(CO)(CO)Cc1cc(F)ccc1Cl. The zero-order valence-corrected chi connectivity index (χ0v) is 9.97. The first-order valence-corrected chi connectivity index (χ1v) is 5.60. The quantitative estimate of drug-likeness (QED) is 0.838. The smallest absolute Gasteiger partial charge is 0.123 e. The minimum absolute atomic E-state index is 0.146. The van der Waals surface area contributed by atoms with Crippen LogP contribution in [-0.4, -0.2) is 23.4 Å². The molecule has 4 heteroatoms. The lowest BCUT2D eigenvalue weighted by Gasteiger charge is -2.28. The van der Waals surface area contributed by atoms with Crippen LogP contribution < -0.4 is 0 Å². The molecule has 0 saturated heterocycles. The molecule has 1 rings (SSSR count). The molecule has 0 aromatic heterocycles. The van der Waals surface area contributed by atoms with Gasteiger partial charge in [0.1, 0.15) is 5.82 Å². The molecular weight excluding hydrogens is 231 g/mol. The van der Waals surface area contributed by atoms with Gasteiger partial charge >= 0.3 is 0 Å². The summed E-state index contributed by atoms with van der Waals surface area (Å²) in [4.78, 5) is 0. The maximum atomic E-state index is 13.1. The van der Waals surface area contributed by atoms with Gasteiger partial charge in [-0.25, -0.2) is 4.39 Å². The summed E-state index contributed by atoms with van der Waals surface area (Å²) in [6.07, 6.45) is 0.972. The number of hydrogen-bond acceptors (Lipinski definition) is 2. The van der Waals surface area contributed by atoms with E-state index in [1.54, 1.807) is 0 Å². The van der Waals surface area contributed by atoms with Crippen LogP contribution in [0.15, 0.2) is 18.2 Å². The molecule has 90 valence electrons. The van der Waals surface area contributed by atoms with Gasteiger partial charge in [-0.15, -0.1) is 0 Å². The predicted octanol–water partition coefficient (Wildman–Crippen LogP) is 2.40. The number of aliphatic hydroxyl groups excluding tert-OH is 2. The van der Waals surface area contributed by atoms with E-state index >= 15 is 0 Å². The van der Waals surface area contributed by atoms with Crippen molar-refractivity contribution in [1.82, 2.24) is 0 Å². The maximum Gasteiger partial charge on any atom is 0.123 e. The van der Waals surface area contributed by atoms with Crippen LogP contribution in [0.1, 0.15) is 18.9 Å². The highest BCUT2D eigenvalue weighted by Crippen LogP contribution is 2.29. The van der Waals surface area contributed by atoms with E-state index in [9.17, 15) is 14.6 Å². The van der Waals surface area contributed by atoms with Crippen LogP contribution in [0, 0.1) is 11.2 Å². The Morgan fingerprint density at radius 2 is 1.94 bits per heavy atom. The fraction of sp³-hybridized carbons (Fsp3) is 0.500. The Balaban J connectivity index is 2.97. The second-order valence-corrected chi connectivity index (χ2v) is 4.49. The third-order valence-electron chi connectivity index (χ3n) is 2.99. The number of benzene rings is 1. The van der Waals surface area contributed by atoms with Crippen molar-refractivity contribution in [3.05, 3.63) is 34.6 Å². The molecule has 0 spiro atoms. The Morgan fingerprint density at radius 1 is 1.31 bits per heavy atom. The molecule has 16 heavy (non-hydrogen) atoms. The van der Waals surface area contributed by atoms with E-state index in [2.05, 4.69) is 0 Å². The van der Waals surface area contributed by atoms with Crippen molar-refractivity contribution in [1.29, 1.82) is 0 Å². The van der Waals surface area contributed by atoms with E-state index in [0.29, 0.717) is 23.4 Å². The highest BCUT2D eigenvalue weighted by atomic mass is 35.5. The van der Waals surface area contributed by atoms with Gasteiger partial charge in [-0.05, 0) is 36.6 Å². The minimum atomic E-state index is -0.628. The predicted molar refractivity (Wildman–Crippen MR) is 62.0 cm³/mol. The molecule has 0 saturated carbocycles. The van der Waals surface area contributed by atoms with Gasteiger partial charge in [0.2, 0.25) is 0 Å². The number of halogens is 2. The van der Waals surface area contributed by atoms with Crippen molar-refractivity contribution in [2.75, 3.05) is 13.2 Å². The third kappa shape index (κ3) is 2.94. The lowest BCUT2D eigenvalue weighted by Crippen LogP contribution is -2.31. The molecule has 2 N–H and O–H groups in total. The van der Waals surface area contributed by atoms with E-state index in [1.807, 2.05) is 6.92 Å². The van der Waals surface area contributed by atoms with Crippen molar-refractivity contribution in [2.45, 2.75) is 19.8 Å². The van der Waals surface area contributed by atoms with Crippen LogP contribution in [0.4, 0.5) is 4.39 Å². The summed E-state index contributed by atoms with van der Waals surface area (Å²) in [5.41, 5.74) is -0.0103. The lowest BCUT2D eigenvalue weighted by molar-refractivity contribution is 0.0514. The Labute approximate surface area is 99.7 Å². The number of hydrogen-bond donors (Lipinski definition) is 2. The van der Waals surface area contributed by atoms with Crippen molar-refractivity contribution < 1.29 is 14.6 Å². The van der Waals surface area contributed by atoms with Gasteiger partial charge in [-0.1, -0.05) is 18.5 Å². The van der Waals surface area contributed by atoms with E-state index in [-0.39, 0.29) is 19.0 Å². The van der Waals surface area contributed by atoms with E-state index < -0.39 is 5.41 Å². The second kappa shape index (κ2) is 5.62. The first-order chi connectivity index (χ1) is 7.56. The summed E-state index contributed by atoms with van der Waals surface area (Å²) in [7, 11) is 0. The van der Waals surface area contributed by atoms with Gasteiger partial charge < -0.3 is 10.2 Å². The molecule has 0 aliphatic heterocycles. The maximum absolute atomic E-state index is 13.1. The standard InChI is InChI=1S/C12H16ClFO2/c1-2-12(7-15,8-16)6-9-5-10(14)3-4-11(9)13/h3-5,15-16H,2,6-8H2,1H3. The molecule has 1 aromatic carbocycles. The topological polar surface area (TPSA) is 40.5 Å². The Bertz CT molecular complexity index is 343. The Hall–Kier alpha value is -0.640. The number of rotatable bonds is 5. The van der Waals surface area contributed by atoms with Crippen molar-refractivity contribution in [2.24, 2.45) is 5.41 Å². The fourth-order valence-electron chi connectivity index (χ4n) is 1.59. The molecule has 0 fully saturated rings. The largest absolute Gasteiger partial charge is 0.396 e. The average molecular weight is 247 g/mol. The molecule has 0 radical (unpaired) electrons. The highest BCUT2D eigenvalue weighted by molar-refractivity contribution is 6.31. The molecular formula is C12H16ClFO2. The van der Waals surface area contributed by atoms with Crippen LogP contribution in [0.2, 0.25) is 5.02 Å². The van der Waals surface area contributed by atoms with E-state index in [4.69, 9.17) is 11.6 Å². The number of aliphatic hydroxyl groups is 2. The zero-order chi connectivity index (χ0) is 12.2. The van der Waals surface area contributed by atoms with Crippen LogP contribution in [0.5, 0.6) is 0 Å². The highest BCUT2D eigenvalue weighted by Gasteiger charge is 2.27. The first-order valence-electron chi connectivity index (χ1n) is 5.22. The van der Waals surface area contributed by atoms with Crippen LogP contribution in [0.3, 0.4) is 0 Å². The summed E-state index contributed by atoms with van der Waals surface area (Å²) in [6, 6.07) is 4.12. The molecule has 0 heterocycles. The van der Waals surface area contributed by atoms with Gasteiger partial charge in [-0.2, -0.15) is 0 Å². The summed E-state index contributed by atoms with van der Waals surface area (Å²) >= 11 is 5.94. The first kappa shape index (κ1) is 13.4. The van der Waals surface area contributed by atoms with Crippen LogP contribution >= 0.6 is 11.6 Å². The normalized spacial score (nSPS) is 11.8. The molecule has 0 unspecified atom stereocenters. The van der Waals surface area contributed by atoms with Gasteiger partial charge in [0.15, 0.2) is 0 Å². The van der Waals surface area contributed by atoms with E-state index in [0.717, 1.165) is 0 Å². The van der Waals surface area contributed by atoms with Crippen molar-refractivity contribution in [3.63, 3.8) is 0 Å². The van der Waals surface area contributed by atoms with Gasteiger partial charge in [0, 0.05) is 10.4 Å². The van der Waals surface area contributed by atoms with Gasteiger partial charge in [0.05, 0.1) is 13.2 Å². The van der Waals surface area contributed by atoms with Crippen molar-refractivity contribution >= 4 is 11.6 Å². The molecule has 0 bridgehead atoms. The van der Waals surface area contributed by atoms with Gasteiger partial charge in [0.25, 0.3) is 0 Å². The Kier molecular flexibility index (Phi) is 4.71. The zero-order valence-electron chi connectivity index (χ0n) is 9.21. The Morgan fingerprint density at radius 3 is 2.44 bits per heavy atom. The van der Waals surface area contributed by atoms with Crippen LogP contribution in [0.25, 0.3) is 0 Å². The molecule has 1 aromatic rings. The van der Waals surface area contributed by atoms with Gasteiger partial charge in [-0.3, -0.25) is 0 Å². The summed E-state index contributed by atoms with van der Waals surface area (Å²) < 4.78 is 13.1. The fourth-order valence-corrected chi connectivity index (χ4v) is 1.78. The molecule has 0 aliphatic carbocycles. The molecule has 0 atom stereocenters. The third-order valence-corrected chi connectivity index (χ3v) is 3.36. The van der Waals surface area contributed by atoms with E-state index in [1.165, 1.54) is 18.2 Å². The van der Waals surface area contributed by atoms with Crippen LogP contribution in [-0.2, 0) is 6.42 Å². The minimum Gasteiger partial charge on any atom is -0.396 e. The lowest BCUT2D eigenvalue weighted by atomic mass is 9.81. The average Bonchev–Trinajstić information content (AvgIpc) is 2.31.